The van der Waals surface area contributed by atoms with E-state index in [1.807, 2.05) is 7.05 Å². The lowest BCUT2D eigenvalue weighted by atomic mass is 10.0. The number of imidazole rings is 1. The van der Waals surface area contributed by atoms with E-state index in [1.54, 1.807) is 41.4 Å². The number of nitrogen functional groups attached to an aromatic ring is 1. The van der Waals surface area contributed by atoms with Crippen LogP contribution in [0.2, 0.25) is 0 Å². The lowest BCUT2D eigenvalue weighted by Crippen LogP contribution is -2.03. The van der Waals surface area contributed by atoms with Gasteiger partial charge in [0.05, 0.1) is 30.2 Å². The topological polar surface area (TPSA) is 98.8 Å². The Kier molecular flexibility index (Phi) is 3.88. The molecule has 0 bridgehead atoms. The molecule has 0 amide bonds. The number of halogens is 1. The second-order valence-electron chi connectivity index (χ2n) is 6.11. The number of aromatic amines is 1. The van der Waals surface area contributed by atoms with E-state index in [0.29, 0.717) is 33.4 Å². The number of H-pyrrole nitrogens is 1. The Labute approximate surface area is 153 Å². The number of carbonyl (C=O) groups is 1. The van der Waals surface area contributed by atoms with Crippen molar-refractivity contribution in [2.75, 3.05) is 12.8 Å². The van der Waals surface area contributed by atoms with Gasteiger partial charge in [-0.3, -0.25) is 0 Å². The maximum Gasteiger partial charge on any atom is 0.340 e. The highest BCUT2D eigenvalue weighted by molar-refractivity contribution is 6.07. The number of rotatable bonds is 3. The van der Waals surface area contributed by atoms with E-state index < -0.39 is 11.8 Å². The molecule has 0 atom stereocenters. The summed E-state index contributed by atoms with van der Waals surface area (Å²) in [6.45, 7) is 0. The van der Waals surface area contributed by atoms with E-state index in [2.05, 4.69) is 15.0 Å². The van der Waals surface area contributed by atoms with Crippen LogP contribution in [0.25, 0.3) is 33.4 Å². The largest absolute Gasteiger partial charge is 0.465 e. The van der Waals surface area contributed by atoms with Gasteiger partial charge in [0.2, 0.25) is 0 Å². The molecule has 3 heterocycles. The van der Waals surface area contributed by atoms with E-state index >= 15 is 4.39 Å². The molecule has 3 N–H and O–H groups in total. The first-order valence-electron chi connectivity index (χ1n) is 8.12. The van der Waals surface area contributed by atoms with Crippen molar-refractivity contribution in [1.82, 2.24) is 19.5 Å². The first-order valence-corrected chi connectivity index (χ1v) is 8.12. The predicted molar refractivity (Wildman–Crippen MR) is 99.4 cm³/mol. The summed E-state index contributed by atoms with van der Waals surface area (Å²) >= 11 is 0. The fourth-order valence-corrected chi connectivity index (χ4v) is 3.04. The van der Waals surface area contributed by atoms with E-state index in [9.17, 15) is 4.79 Å². The average molecular weight is 365 g/mol. The van der Waals surface area contributed by atoms with Crippen LogP contribution in [0.5, 0.6) is 0 Å². The molecule has 0 aliphatic carbocycles. The number of anilines is 1. The second kappa shape index (κ2) is 6.24. The molecular weight excluding hydrogens is 349 g/mol. The number of fused-ring (bicyclic) bond motifs is 1. The van der Waals surface area contributed by atoms with Gasteiger partial charge in [-0.05, 0) is 18.2 Å². The van der Waals surface area contributed by atoms with Gasteiger partial charge < -0.3 is 20.0 Å². The molecule has 0 fully saturated rings. The van der Waals surface area contributed by atoms with E-state index in [1.165, 1.54) is 13.3 Å². The number of nitrogens with two attached hydrogens (primary N) is 1. The number of nitrogens with one attached hydrogen (secondary N) is 1. The molecular formula is C19H16FN5O2. The first kappa shape index (κ1) is 16.8. The van der Waals surface area contributed by atoms with Crippen molar-refractivity contribution in [1.29, 1.82) is 0 Å². The Morgan fingerprint density at radius 2 is 2.07 bits per heavy atom. The lowest BCUT2D eigenvalue weighted by molar-refractivity contribution is 0.0602. The van der Waals surface area contributed by atoms with Crippen molar-refractivity contribution in [3.05, 3.63) is 54.4 Å². The number of hydrogen-bond donors (Lipinski definition) is 2. The van der Waals surface area contributed by atoms with Crippen molar-refractivity contribution in [3.8, 4) is 22.5 Å². The summed E-state index contributed by atoms with van der Waals surface area (Å²) in [6, 6.07) is 6.73. The summed E-state index contributed by atoms with van der Waals surface area (Å²) < 4.78 is 21.7. The molecule has 3 aromatic heterocycles. The number of esters is 1. The van der Waals surface area contributed by atoms with Crippen molar-refractivity contribution in [2.24, 2.45) is 7.05 Å². The summed E-state index contributed by atoms with van der Waals surface area (Å²) in [5, 5.41) is 0.520. The molecule has 27 heavy (non-hydrogen) atoms. The van der Waals surface area contributed by atoms with Gasteiger partial charge in [-0.1, -0.05) is 6.07 Å². The minimum Gasteiger partial charge on any atom is -0.465 e. The molecule has 1 aromatic carbocycles. The minimum absolute atomic E-state index is 0.213. The van der Waals surface area contributed by atoms with Gasteiger partial charge >= 0.3 is 5.97 Å². The monoisotopic (exact) mass is 365 g/mol. The predicted octanol–water partition coefficient (Wildman–Crippen LogP) is 3.14. The van der Waals surface area contributed by atoms with Gasteiger partial charge in [-0.15, -0.1) is 0 Å². The molecule has 8 heteroatoms. The molecule has 4 aromatic rings. The highest BCUT2D eigenvalue weighted by Gasteiger charge is 2.19. The smallest absolute Gasteiger partial charge is 0.340 e. The van der Waals surface area contributed by atoms with Crippen molar-refractivity contribution in [3.63, 3.8) is 0 Å². The Morgan fingerprint density at radius 3 is 2.78 bits per heavy atom. The van der Waals surface area contributed by atoms with Crippen molar-refractivity contribution >= 4 is 22.7 Å². The highest BCUT2D eigenvalue weighted by Crippen LogP contribution is 2.33. The summed E-state index contributed by atoms with van der Waals surface area (Å²) in [7, 11) is 3.11. The van der Waals surface area contributed by atoms with Crippen molar-refractivity contribution < 1.29 is 13.9 Å². The summed E-state index contributed by atoms with van der Waals surface area (Å²) in [5.41, 5.74) is 8.36. The first-order chi connectivity index (χ1) is 13.0. The van der Waals surface area contributed by atoms with Crippen LogP contribution >= 0.6 is 0 Å². The lowest BCUT2D eigenvalue weighted by Gasteiger charge is -2.05. The van der Waals surface area contributed by atoms with Gasteiger partial charge in [0, 0.05) is 41.6 Å². The Morgan fingerprint density at radius 1 is 1.30 bits per heavy atom. The van der Waals surface area contributed by atoms with E-state index in [0.717, 1.165) is 0 Å². The number of pyridine rings is 1. The molecule has 0 aliphatic rings. The number of aryl methyl sites for hydroxylation is 1. The van der Waals surface area contributed by atoms with Crippen LogP contribution < -0.4 is 5.73 Å². The van der Waals surface area contributed by atoms with E-state index in [4.69, 9.17) is 10.5 Å². The van der Waals surface area contributed by atoms with Crippen LogP contribution in [0.4, 0.5) is 10.2 Å². The third kappa shape index (κ3) is 2.71. The van der Waals surface area contributed by atoms with Gasteiger partial charge in [-0.2, -0.15) is 0 Å². The molecule has 0 saturated carbocycles. The zero-order chi connectivity index (χ0) is 19.1. The molecule has 0 spiro atoms. The van der Waals surface area contributed by atoms with Gasteiger partial charge in [-0.25, -0.2) is 19.2 Å². The average Bonchev–Trinajstić information content (AvgIpc) is 3.29. The molecule has 7 nitrogen and oxygen atoms in total. The molecule has 0 saturated heterocycles. The van der Waals surface area contributed by atoms with Crippen molar-refractivity contribution in [2.45, 2.75) is 0 Å². The number of benzene rings is 1. The Bertz CT molecular complexity index is 1180. The number of methoxy groups -OCH3 is 1. The normalized spacial score (nSPS) is 11.1. The SMILES string of the molecule is COC(=O)c1cnc(N)c2[nH]c(-c3cccc(-c4cn(C)cn4)c3F)cc12. The number of hydrogen-bond acceptors (Lipinski definition) is 5. The quantitative estimate of drug-likeness (QED) is 0.544. The Balaban J connectivity index is 1.91. The minimum atomic E-state index is -0.541. The fourth-order valence-electron chi connectivity index (χ4n) is 3.04. The van der Waals surface area contributed by atoms with Crippen LogP contribution in [0.1, 0.15) is 10.4 Å². The fraction of sp³-hybridized carbons (Fsp3) is 0.105. The third-order valence-electron chi connectivity index (χ3n) is 4.37. The molecule has 0 unspecified atom stereocenters. The van der Waals surface area contributed by atoms with Gasteiger partial charge in [0.15, 0.2) is 0 Å². The van der Waals surface area contributed by atoms with Crippen LogP contribution in [0, 0.1) is 5.82 Å². The maximum atomic E-state index is 15.2. The summed E-state index contributed by atoms with van der Waals surface area (Å²) in [6.07, 6.45) is 4.70. The number of carbonyl (C=O) groups excluding carboxylic acids is 1. The standard InChI is InChI=1S/C19H16FN5O2/c1-25-8-15(23-9-25)11-5-3-4-10(16(11)20)14-6-12-13(19(26)27-2)7-22-18(21)17(12)24-14/h3-9,24H,1-2H3,(H2,21,22). The molecule has 0 radical (unpaired) electrons. The molecule has 0 aliphatic heterocycles. The van der Waals surface area contributed by atoms with Gasteiger partial charge in [0.1, 0.15) is 11.6 Å². The van der Waals surface area contributed by atoms with E-state index in [-0.39, 0.29) is 11.4 Å². The number of aromatic nitrogens is 4. The second-order valence-corrected chi connectivity index (χ2v) is 6.11. The number of ether oxygens (including phenoxy) is 1. The molecule has 4 rings (SSSR count). The van der Waals surface area contributed by atoms with Crippen LogP contribution in [-0.2, 0) is 11.8 Å². The maximum absolute atomic E-state index is 15.2. The highest BCUT2D eigenvalue weighted by atomic mass is 19.1. The number of nitrogens with zero attached hydrogens (tertiary/aromatic N) is 3. The Hall–Kier alpha value is -3.68. The summed E-state index contributed by atoms with van der Waals surface area (Å²) in [5.74, 6) is -0.750. The van der Waals surface area contributed by atoms with Crippen LogP contribution in [-0.4, -0.2) is 32.6 Å². The van der Waals surface area contributed by atoms with Gasteiger partial charge in [0.25, 0.3) is 0 Å². The zero-order valence-electron chi connectivity index (χ0n) is 14.7. The zero-order valence-corrected chi connectivity index (χ0v) is 14.7. The third-order valence-corrected chi connectivity index (χ3v) is 4.37. The van der Waals surface area contributed by atoms with Crippen LogP contribution in [0.15, 0.2) is 43.0 Å². The summed E-state index contributed by atoms with van der Waals surface area (Å²) in [4.78, 5) is 23.3. The van der Waals surface area contributed by atoms with Crippen LogP contribution in [0.3, 0.4) is 0 Å². The molecule has 136 valence electrons.